The van der Waals surface area contributed by atoms with Gasteiger partial charge in [-0.05, 0) is 41.7 Å². The van der Waals surface area contributed by atoms with Crippen molar-refractivity contribution < 1.29 is 0 Å². The summed E-state index contributed by atoms with van der Waals surface area (Å²) in [4.78, 5) is 2.24. The Bertz CT molecular complexity index is 317. The molecule has 1 rings (SSSR count). The van der Waals surface area contributed by atoms with E-state index < -0.39 is 0 Å². The molecule has 0 unspecified atom stereocenters. The van der Waals surface area contributed by atoms with Crippen LogP contribution in [0.5, 0.6) is 0 Å². The van der Waals surface area contributed by atoms with Crippen LogP contribution in [0.1, 0.15) is 5.56 Å². The summed E-state index contributed by atoms with van der Waals surface area (Å²) in [6.07, 6.45) is 0. The van der Waals surface area contributed by atoms with Crippen molar-refractivity contribution in [2.75, 3.05) is 27.2 Å². The highest BCUT2D eigenvalue weighted by molar-refractivity contribution is 9.10. The zero-order valence-corrected chi connectivity index (χ0v) is 11.4. The zero-order chi connectivity index (χ0) is 11.3. The average Bonchev–Trinajstić information content (AvgIpc) is 2.22. The number of rotatable bonds is 5. The minimum absolute atomic E-state index is 0.814. The molecule has 0 aliphatic rings. The lowest BCUT2D eigenvalue weighted by atomic mass is 10.2. The Labute approximate surface area is 105 Å². The Morgan fingerprint density at radius 1 is 1.47 bits per heavy atom. The van der Waals surface area contributed by atoms with E-state index in [1.54, 1.807) is 0 Å². The molecule has 0 bridgehead atoms. The highest BCUT2D eigenvalue weighted by Gasteiger charge is 2.06. The number of likely N-dealkylation sites (N-methyl/N-ethyl adjacent to an activating group) is 2. The minimum atomic E-state index is 0.814. The maximum atomic E-state index is 6.18. The van der Waals surface area contributed by atoms with Gasteiger partial charge in [0.1, 0.15) is 0 Å². The molecule has 1 aromatic rings. The van der Waals surface area contributed by atoms with E-state index in [0.717, 1.165) is 34.7 Å². The second-order valence-corrected chi connectivity index (χ2v) is 4.79. The van der Waals surface area contributed by atoms with Crippen LogP contribution in [-0.2, 0) is 6.54 Å². The van der Waals surface area contributed by atoms with Crippen molar-refractivity contribution in [2.45, 2.75) is 6.54 Å². The van der Waals surface area contributed by atoms with E-state index in [1.165, 1.54) is 0 Å². The first-order valence-corrected chi connectivity index (χ1v) is 6.08. The van der Waals surface area contributed by atoms with Gasteiger partial charge in [0.05, 0.1) is 5.02 Å². The van der Waals surface area contributed by atoms with E-state index in [4.69, 9.17) is 11.6 Å². The topological polar surface area (TPSA) is 15.3 Å². The summed E-state index contributed by atoms with van der Waals surface area (Å²) in [5, 5.41) is 3.94. The van der Waals surface area contributed by atoms with Gasteiger partial charge in [-0.3, -0.25) is 0 Å². The van der Waals surface area contributed by atoms with Crippen molar-refractivity contribution in [3.05, 3.63) is 33.3 Å². The first-order valence-electron chi connectivity index (χ1n) is 4.91. The normalized spacial score (nSPS) is 11.0. The first kappa shape index (κ1) is 13.0. The van der Waals surface area contributed by atoms with Gasteiger partial charge in [-0.25, -0.2) is 0 Å². The maximum absolute atomic E-state index is 6.18. The molecule has 0 fully saturated rings. The Hall–Kier alpha value is -0.0900. The molecule has 0 saturated carbocycles. The maximum Gasteiger partial charge on any atom is 0.0593 e. The third-order valence-corrected chi connectivity index (χ3v) is 3.55. The summed E-state index contributed by atoms with van der Waals surface area (Å²) in [6, 6.07) is 6.03. The van der Waals surface area contributed by atoms with E-state index in [0.29, 0.717) is 0 Å². The summed E-state index contributed by atoms with van der Waals surface area (Å²) >= 11 is 9.61. The standard InChI is InChI=1S/C11H16BrClN2/c1-14-6-7-15(2)8-9-4-3-5-10(12)11(9)13/h3-5,14H,6-8H2,1-2H3. The number of hydrogen-bond donors (Lipinski definition) is 1. The number of nitrogens with one attached hydrogen (secondary N) is 1. The van der Waals surface area contributed by atoms with Crippen LogP contribution in [0.2, 0.25) is 5.02 Å². The molecule has 4 heteroatoms. The number of benzene rings is 1. The fourth-order valence-electron chi connectivity index (χ4n) is 1.34. The van der Waals surface area contributed by atoms with E-state index in [-0.39, 0.29) is 0 Å². The zero-order valence-electron chi connectivity index (χ0n) is 9.06. The van der Waals surface area contributed by atoms with Gasteiger partial charge in [0.2, 0.25) is 0 Å². The predicted octanol–water partition coefficient (Wildman–Crippen LogP) is 2.75. The molecule has 0 spiro atoms. The number of nitrogens with zero attached hydrogens (tertiary/aromatic N) is 1. The molecule has 0 atom stereocenters. The van der Waals surface area contributed by atoms with Gasteiger partial charge >= 0.3 is 0 Å². The summed E-state index contributed by atoms with van der Waals surface area (Å²) in [7, 11) is 4.05. The van der Waals surface area contributed by atoms with Crippen molar-refractivity contribution in [2.24, 2.45) is 0 Å². The molecule has 0 heterocycles. The quantitative estimate of drug-likeness (QED) is 0.897. The Balaban J connectivity index is 2.60. The molecule has 84 valence electrons. The van der Waals surface area contributed by atoms with E-state index in [1.807, 2.05) is 19.2 Å². The lowest BCUT2D eigenvalue weighted by Crippen LogP contribution is -2.27. The number of halogens is 2. The van der Waals surface area contributed by atoms with Gasteiger partial charge < -0.3 is 10.2 Å². The summed E-state index contributed by atoms with van der Waals surface area (Å²) in [5.74, 6) is 0. The second-order valence-electron chi connectivity index (χ2n) is 3.55. The van der Waals surface area contributed by atoms with Gasteiger partial charge in [0.15, 0.2) is 0 Å². The number of hydrogen-bond acceptors (Lipinski definition) is 2. The van der Waals surface area contributed by atoms with E-state index in [2.05, 4.69) is 39.3 Å². The van der Waals surface area contributed by atoms with Gasteiger partial charge in [-0.2, -0.15) is 0 Å². The molecule has 1 N–H and O–H groups in total. The van der Waals surface area contributed by atoms with Crippen LogP contribution in [0.4, 0.5) is 0 Å². The van der Waals surface area contributed by atoms with Crippen LogP contribution < -0.4 is 5.32 Å². The lowest BCUT2D eigenvalue weighted by Gasteiger charge is -2.17. The summed E-state index contributed by atoms with van der Waals surface area (Å²) in [6.45, 7) is 2.88. The van der Waals surface area contributed by atoms with Crippen LogP contribution in [0, 0.1) is 0 Å². The molecule has 0 radical (unpaired) electrons. The Morgan fingerprint density at radius 2 is 2.20 bits per heavy atom. The van der Waals surface area contributed by atoms with Gasteiger partial charge in [-0.1, -0.05) is 23.7 Å². The highest BCUT2D eigenvalue weighted by atomic mass is 79.9. The first-order chi connectivity index (χ1) is 7.15. The smallest absolute Gasteiger partial charge is 0.0593 e. The van der Waals surface area contributed by atoms with Crippen molar-refractivity contribution in [1.29, 1.82) is 0 Å². The highest BCUT2D eigenvalue weighted by Crippen LogP contribution is 2.26. The van der Waals surface area contributed by atoms with Gasteiger partial charge in [0, 0.05) is 24.1 Å². The van der Waals surface area contributed by atoms with Gasteiger partial charge in [0.25, 0.3) is 0 Å². The van der Waals surface area contributed by atoms with Crippen LogP contribution in [-0.4, -0.2) is 32.1 Å². The van der Waals surface area contributed by atoms with Crippen LogP contribution in [0.3, 0.4) is 0 Å². The molecule has 0 aliphatic heterocycles. The van der Waals surface area contributed by atoms with Crippen molar-refractivity contribution in [1.82, 2.24) is 10.2 Å². The third kappa shape index (κ3) is 4.11. The van der Waals surface area contributed by atoms with Crippen molar-refractivity contribution in [3.8, 4) is 0 Å². The largest absolute Gasteiger partial charge is 0.318 e. The summed E-state index contributed by atoms with van der Waals surface area (Å²) in [5.41, 5.74) is 1.16. The Morgan fingerprint density at radius 3 is 2.87 bits per heavy atom. The van der Waals surface area contributed by atoms with E-state index in [9.17, 15) is 0 Å². The van der Waals surface area contributed by atoms with Crippen LogP contribution in [0.25, 0.3) is 0 Å². The minimum Gasteiger partial charge on any atom is -0.318 e. The average molecular weight is 292 g/mol. The SMILES string of the molecule is CNCCN(C)Cc1cccc(Br)c1Cl. The van der Waals surface area contributed by atoms with Crippen molar-refractivity contribution in [3.63, 3.8) is 0 Å². The second kappa shape index (κ2) is 6.48. The fourth-order valence-corrected chi connectivity index (χ4v) is 1.94. The molecule has 0 saturated heterocycles. The summed E-state index contributed by atoms with van der Waals surface area (Å²) < 4.78 is 0.962. The monoisotopic (exact) mass is 290 g/mol. The van der Waals surface area contributed by atoms with Gasteiger partial charge in [-0.15, -0.1) is 0 Å². The predicted molar refractivity (Wildman–Crippen MR) is 69.4 cm³/mol. The fraction of sp³-hybridized carbons (Fsp3) is 0.455. The molecular weight excluding hydrogens is 275 g/mol. The Kier molecular flexibility index (Phi) is 5.61. The molecule has 0 amide bonds. The molecule has 1 aromatic carbocycles. The lowest BCUT2D eigenvalue weighted by molar-refractivity contribution is 0.328. The van der Waals surface area contributed by atoms with Crippen LogP contribution >= 0.6 is 27.5 Å². The molecule has 2 nitrogen and oxygen atoms in total. The molecule has 0 aliphatic carbocycles. The van der Waals surface area contributed by atoms with Crippen LogP contribution in [0.15, 0.2) is 22.7 Å². The molecular formula is C11H16BrClN2. The molecule has 15 heavy (non-hydrogen) atoms. The third-order valence-electron chi connectivity index (χ3n) is 2.22. The van der Waals surface area contributed by atoms with E-state index >= 15 is 0 Å². The molecule has 0 aromatic heterocycles. The van der Waals surface area contributed by atoms with Crippen molar-refractivity contribution >= 4 is 27.5 Å².